The molecule has 0 amide bonds. The number of carbonyl (C=O) groups excluding carboxylic acids is 1. The van der Waals surface area contributed by atoms with Gasteiger partial charge < -0.3 is 4.79 Å². The van der Waals surface area contributed by atoms with Crippen LogP contribution in [-0.4, -0.2) is 6.29 Å². The lowest BCUT2D eigenvalue weighted by Crippen LogP contribution is -2.10. The molecule has 0 radical (unpaired) electrons. The Bertz CT molecular complexity index is 131. The van der Waals surface area contributed by atoms with Crippen LogP contribution in [0.15, 0.2) is 0 Å². The van der Waals surface area contributed by atoms with Crippen LogP contribution < -0.4 is 0 Å². The minimum absolute atomic E-state index is 0.448. The van der Waals surface area contributed by atoms with E-state index in [1.54, 1.807) is 0 Å². The monoisotopic (exact) mass is 124 g/mol. The van der Waals surface area contributed by atoms with Gasteiger partial charge in [-0.2, -0.15) is 0 Å². The van der Waals surface area contributed by atoms with Gasteiger partial charge >= 0.3 is 0 Å². The van der Waals surface area contributed by atoms with Crippen molar-refractivity contribution in [3.63, 3.8) is 0 Å². The van der Waals surface area contributed by atoms with E-state index in [1.807, 2.05) is 0 Å². The highest BCUT2D eigenvalue weighted by Gasteiger charge is 2.38. The molecular formula is C8H12O. The third kappa shape index (κ3) is 0.707. The second-order valence-corrected chi connectivity index (χ2v) is 3.47. The van der Waals surface area contributed by atoms with E-state index < -0.39 is 0 Å². The summed E-state index contributed by atoms with van der Waals surface area (Å²) < 4.78 is 0. The molecule has 0 spiro atoms. The Morgan fingerprint density at radius 1 is 1.22 bits per heavy atom. The predicted molar refractivity (Wildman–Crippen MR) is 35.0 cm³/mol. The van der Waals surface area contributed by atoms with Gasteiger partial charge in [-0.1, -0.05) is 6.42 Å². The van der Waals surface area contributed by atoms with E-state index in [9.17, 15) is 4.79 Å². The van der Waals surface area contributed by atoms with Crippen LogP contribution in [0.25, 0.3) is 0 Å². The van der Waals surface area contributed by atoms with E-state index in [0.717, 1.165) is 11.8 Å². The summed E-state index contributed by atoms with van der Waals surface area (Å²) in [6.07, 6.45) is 6.45. The molecule has 0 aliphatic heterocycles. The maximum Gasteiger partial charge on any atom is 0.123 e. The van der Waals surface area contributed by atoms with E-state index in [-0.39, 0.29) is 0 Å². The fourth-order valence-corrected chi connectivity index (χ4v) is 2.46. The van der Waals surface area contributed by atoms with E-state index in [0.29, 0.717) is 5.92 Å². The normalized spacial score (nSPS) is 47.8. The highest BCUT2D eigenvalue weighted by atomic mass is 16.1. The fourth-order valence-electron chi connectivity index (χ4n) is 2.46. The van der Waals surface area contributed by atoms with Gasteiger partial charge in [0.2, 0.25) is 0 Å². The molecule has 2 saturated carbocycles. The van der Waals surface area contributed by atoms with Crippen LogP contribution in [0.2, 0.25) is 0 Å². The number of fused-ring (bicyclic) bond motifs is 2. The van der Waals surface area contributed by atoms with Crippen molar-refractivity contribution in [1.29, 1.82) is 0 Å². The molecule has 2 aliphatic carbocycles. The average Bonchev–Trinajstić information content (AvgIpc) is 2.45. The second kappa shape index (κ2) is 1.83. The highest BCUT2D eigenvalue weighted by molar-refractivity contribution is 5.55. The van der Waals surface area contributed by atoms with Crippen LogP contribution in [0.1, 0.15) is 25.7 Å². The zero-order valence-electron chi connectivity index (χ0n) is 5.55. The van der Waals surface area contributed by atoms with Gasteiger partial charge in [-0.15, -0.1) is 0 Å². The van der Waals surface area contributed by atoms with Crippen LogP contribution in [0.4, 0.5) is 0 Å². The van der Waals surface area contributed by atoms with Crippen molar-refractivity contribution in [2.45, 2.75) is 25.7 Å². The molecule has 2 aliphatic rings. The number of aldehydes is 1. The molecule has 0 aromatic rings. The van der Waals surface area contributed by atoms with Crippen molar-refractivity contribution >= 4 is 6.29 Å². The molecule has 0 aromatic heterocycles. The van der Waals surface area contributed by atoms with Crippen molar-refractivity contribution in [3.05, 3.63) is 0 Å². The van der Waals surface area contributed by atoms with Gasteiger partial charge in [0.15, 0.2) is 0 Å². The van der Waals surface area contributed by atoms with Crippen LogP contribution in [-0.2, 0) is 4.79 Å². The molecule has 0 heterocycles. The third-order valence-electron chi connectivity index (χ3n) is 2.97. The third-order valence-corrected chi connectivity index (χ3v) is 2.97. The first kappa shape index (κ1) is 5.45. The Morgan fingerprint density at radius 3 is 2.44 bits per heavy atom. The van der Waals surface area contributed by atoms with Crippen molar-refractivity contribution in [1.82, 2.24) is 0 Å². The standard InChI is InChI=1S/C8H12O/c9-5-8-4-6-1-2-7(8)3-6/h5-8H,1-4H2/t6-,7?,8-/m0/s1. The lowest BCUT2D eigenvalue weighted by atomic mass is 9.90. The smallest absolute Gasteiger partial charge is 0.123 e. The molecule has 1 nitrogen and oxygen atoms in total. The number of hydrogen-bond acceptors (Lipinski definition) is 1. The Balaban J connectivity index is 2.09. The highest BCUT2D eigenvalue weighted by Crippen LogP contribution is 2.47. The second-order valence-electron chi connectivity index (χ2n) is 3.47. The topological polar surface area (TPSA) is 17.1 Å². The molecule has 0 aromatic carbocycles. The van der Waals surface area contributed by atoms with Crippen molar-refractivity contribution < 1.29 is 4.79 Å². The molecule has 0 N–H and O–H groups in total. The van der Waals surface area contributed by atoms with Gasteiger partial charge in [0.1, 0.15) is 6.29 Å². The molecule has 2 fully saturated rings. The van der Waals surface area contributed by atoms with E-state index in [1.165, 1.54) is 32.0 Å². The number of carbonyl (C=O) groups is 1. The summed E-state index contributed by atoms with van der Waals surface area (Å²) in [6.45, 7) is 0. The molecule has 50 valence electrons. The molecule has 1 heteroatoms. The zero-order valence-corrected chi connectivity index (χ0v) is 5.55. The van der Waals surface area contributed by atoms with Gasteiger partial charge in [-0.05, 0) is 31.1 Å². The summed E-state index contributed by atoms with van der Waals surface area (Å²) in [5, 5.41) is 0. The van der Waals surface area contributed by atoms with Gasteiger partial charge in [-0.25, -0.2) is 0 Å². The minimum Gasteiger partial charge on any atom is -0.303 e. The van der Waals surface area contributed by atoms with Crippen LogP contribution in [0.5, 0.6) is 0 Å². The number of rotatable bonds is 1. The lowest BCUT2D eigenvalue weighted by Gasteiger charge is -2.14. The van der Waals surface area contributed by atoms with Crippen molar-refractivity contribution in [2.24, 2.45) is 17.8 Å². The van der Waals surface area contributed by atoms with E-state index >= 15 is 0 Å². The SMILES string of the molecule is O=C[C@@H]1C[C@H]2CCC1C2. The first-order valence-corrected chi connectivity index (χ1v) is 3.85. The Kier molecular flexibility index (Phi) is 1.11. The van der Waals surface area contributed by atoms with Crippen LogP contribution in [0.3, 0.4) is 0 Å². The summed E-state index contributed by atoms with van der Waals surface area (Å²) >= 11 is 0. The average molecular weight is 124 g/mol. The zero-order chi connectivity index (χ0) is 6.27. The maximum absolute atomic E-state index is 10.4. The first-order valence-electron chi connectivity index (χ1n) is 3.85. The van der Waals surface area contributed by atoms with Crippen molar-refractivity contribution in [2.75, 3.05) is 0 Å². The summed E-state index contributed by atoms with van der Waals surface area (Å²) in [5.41, 5.74) is 0. The van der Waals surface area contributed by atoms with Crippen molar-refractivity contribution in [3.8, 4) is 0 Å². The maximum atomic E-state index is 10.4. The largest absolute Gasteiger partial charge is 0.303 e. The van der Waals surface area contributed by atoms with Gasteiger partial charge in [0.05, 0.1) is 0 Å². The lowest BCUT2D eigenvalue weighted by molar-refractivity contribution is -0.112. The Hall–Kier alpha value is -0.330. The summed E-state index contributed by atoms with van der Waals surface area (Å²) in [6, 6.07) is 0. The van der Waals surface area contributed by atoms with Gasteiger partial charge in [0, 0.05) is 5.92 Å². The fraction of sp³-hybridized carbons (Fsp3) is 0.875. The molecule has 9 heavy (non-hydrogen) atoms. The number of hydrogen-bond donors (Lipinski definition) is 0. The quantitative estimate of drug-likeness (QED) is 0.485. The van der Waals surface area contributed by atoms with Crippen LogP contribution >= 0.6 is 0 Å². The summed E-state index contributed by atoms with van der Waals surface area (Å²) in [7, 11) is 0. The Labute approximate surface area is 55.4 Å². The molecule has 2 bridgehead atoms. The molecule has 1 unspecified atom stereocenters. The molecular weight excluding hydrogens is 112 g/mol. The molecule has 2 rings (SSSR count). The van der Waals surface area contributed by atoms with E-state index in [2.05, 4.69) is 0 Å². The predicted octanol–water partition coefficient (Wildman–Crippen LogP) is 1.62. The van der Waals surface area contributed by atoms with Gasteiger partial charge in [0.25, 0.3) is 0 Å². The summed E-state index contributed by atoms with van der Waals surface area (Å²) in [5.74, 6) is 2.15. The van der Waals surface area contributed by atoms with E-state index in [4.69, 9.17) is 0 Å². The molecule has 0 saturated heterocycles. The van der Waals surface area contributed by atoms with Crippen LogP contribution in [0, 0.1) is 17.8 Å². The minimum atomic E-state index is 0.448. The molecule has 3 atom stereocenters. The summed E-state index contributed by atoms with van der Waals surface area (Å²) in [4.78, 5) is 10.4. The first-order chi connectivity index (χ1) is 4.40. The Morgan fingerprint density at radius 2 is 2.11 bits per heavy atom. The van der Waals surface area contributed by atoms with Gasteiger partial charge in [-0.3, -0.25) is 0 Å².